The summed E-state index contributed by atoms with van der Waals surface area (Å²) in [5.74, 6) is 0. The zero-order valence-electron chi connectivity index (χ0n) is 21.2. The van der Waals surface area contributed by atoms with E-state index < -0.39 is 0 Å². The van der Waals surface area contributed by atoms with Crippen molar-refractivity contribution >= 4 is 86.8 Å². The van der Waals surface area contributed by atoms with Gasteiger partial charge in [0.1, 0.15) is 21.9 Å². The van der Waals surface area contributed by atoms with Crippen LogP contribution in [-0.2, 0) is 12.8 Å². The van der Waals surface area contributed by atoms with Crippen LogP contribution in [0.25, 0.3) is 59.2 Å². The van der Waals surface area contributed by atoms with Crippen molar-refractivity contribution < 1.29 is 0 Å². The van der Waals surface area contributed by atoms with Crippen molar-refractivity contribution in [3.05, 3.63) is 79.5 Å². The minimum absolute atomic E-state index is 0.792. The van der Waals surface area contributed by atoms with E-state index in [2.05, 4.69) is 50.3 Å². The molecule has 0 radical (unpaired) electrons. The lowest BCUT2D eigenvalue weighted by Crippen LogP contribution is -1.97. The first kappa shape index (κ1) is 23.6. The number of hydrogen-bond acceptors (Lipinski definition) is 8. The van der Waals surface area contributed by atoms with Gasteiger partial charge in [0.2, 0.25) is 0 Å². The largest absolute Gasteiger partial charge is 0.192 e. The first-order valence-electron chi connectivity index (χ1n) is 12.8. The van der Waals surface area contributed by atoms with Crippen LogP contribution < -0.4 is 0 Å². The number of hydrogen-bond donors (Lipinski definition) is 0. The summed E-state index contributed by atoms with van der Waals surface area (Å²) >= 11 is 10.7. The van der Waals surface area contributed by atoms with E-state index in [0.717, 1.165) is 22.6 Å². The van der Waals surface area contributed by atoms with E-state index in [1.807, 2.05) is 34.8 Å². The van der Waals surface area contributed by atoms with Gasteiger partial charge in [-0.2, -0.15) is 10.5 Å². The van der Waals surface area contributed by atoms with E-state index in [1.165, 1.54) is 92.6 Å². The second-order valence-electron chi connectivity index (χ2n) is 10.4. The van der Waals surface area contributed by atoms with Gasteiger partial charge in [-0.15, -0.1) is 68.0 Å². The van der Waals surface area contributed by atoms with Crippen molar-refractivity contribution in [3.63, 3.8) is 0 Å². The molecule has 8 heteroatoms. The normalized spacial score (nSPS) is 13.0. The van der Waals surface area contributed by atoms with E-state index in [0.29, 0.717) is 0 Å². The van der Waals surface area contributed by atoms with Crippen LogP contribution in [0.4, 0.5) is 0 Å². The predicted octanol–water partition coefficient (Wildman–Crippen LogP) is 11.2. The highest BCUT2D eigenvalue weighted by molar-refractivity contribution is 7.32. The van der Waals surface area contributed by atoms with Crippen LogP contribution in [0.3, 0.4) is 0 Å². The number of rotatable bonds is 2. The van der Waals surface area contributed by atoms with Gasteiger partial charge in [-0.25, -0.2) is 0 Å². The molecule has 2 aliphatic carbocycles. The smallest absolute Gasteiger partial charge is 0.110 e. The number of nitrogens with zero attached hydrogens (tertiary/aromatic N) is 2. The Hall–Kier alpha value is -3.08. The molecule has 9 rings (SSSR count). The molecule has 6 aromatic heterocycles. The highest BCUT2D eigenvalue weighted by atomic mass is 32.1. The van der Waals surface area contributed by atoms with Crippen LogP contribution in [0.15, 0.2) is 36.4 Å². The molecular formula is C32H16N2S6. The predicted molar refractivity (Wildman–Crippen MR) is 175 cm³/mol. The maximum absolute atomic E-state index is 9.23. The van der Waals surface area contributed by atoms with Crippen LogP contribution in [-0.4, -0.2) is 0 Å². The van der Waals surface area contributed by atoms with Gasteiger partial charge in [-0.3, -0.25) is 0 Å². The molecule has 2 aliphatic rings. The summed E-state index contributed by atoms with van der Waals surface area (Å²) in [7, 11) is 0. The Morgan fingerprint density at radius 1 is 0.525 bits per heavy atom. The molecule has 0 N–H and O–H groups in total. The van der Waals surface area contributed by atoms with Crippen LogP contribution in [0.5, 0.6) is 0 Å². The molecule has 0 amide bonds. The van der Waals surface area contributed by atoms with Gasteiger partial charge in [-0.05, 0) is 108 Å². The summed E-state index contributed by atoms with van der Waals surface area (Å²) in [5.41, 5.74) is 11.8. The van der Waals surface area contributed by atoms with Gasteiger partial charge >= 0.3 is 0 Å². The van der Waals surface area contributed by atoms with Gasteiger partial charge < -0.3 is 0 Å². The maximum Gasteiger partial charge on any atom is 0.110 e. The SMILES string of the molecule is Cc1c2c(c(C)c3c1-c1sc(-c4cc5sc(C#N)cc5s4)cc1C3)-c1sc(-c3cc4sc(C#N)cc4s3)cc1C2. The Balaban J connectivity index is 1.11. The van der Waals surface area contributed by atoms with Crippen LogP contribution in [0.2, 0.25) is 0 Å². The topological polar surface area (TPSA) is 47.6 Å². The third-order valence-electron chi connectivity index (χ3n) is 8.19. The molecule has 1 aromatic carbocycles. The average Bonchev–Trinajstić information content (AvgIpc) is 3.75. The molecule has 0 aliphatic heterocycles. The summed E-state index contributed by atoms with van der Waals surface area (Å²) in [6.07, 6.45) is 2.02. The van der Waals surface area contributed by atoms with Crippen LogP contribution in [0.1, 0.15) is 43.1 Å². The molecule has 40 heavy (non-hydrogen) atoms. The quantitative estimate of drug-likeness (QED) is 0.193. The fourth-order valence-corrected chi connectivity index (χ4v) is 13.5. The summed E-state index contributed by atoms with van der Waals surface area (Å²) in [4.78, 5) is 9.82. The van der Waals surface area contributed by atoms with Crippen molar-refractivity contribution in [3.8, 4) is 52.5 Å². The lowest BCUT2D eigenvalue weighted by Gasteiger charge is -2.16. The fraction of sp³-hybridized carbons (Fsp3) is 0.125. The molecule has 0 saturated carbocycles. The van der Waals surface area contributed by atoms with Crippen molar-refractivity contribution in [2.75, 3.05) is 0 Å². The highest BCUT2D eigenvalue weighted by Crippen LogP contribution is 2.56. The van der Waals surface area contributed by atoms with Crippen LogP contribution in [0, 0.1) is 36.5 Å². The van der Waals surface area contributed by atoms with E-state index in [9.17, 15) is 10.5 Å². The van der Waals surface area contributed by atoms with Gasteiger partial charge in [0.15, 0.2) is 0 Å². The molecule has 2 nitrogen and oxygen atoms in total. The molecule has 0 saturated heterocycles. The third kappa shape index (κ3) is 3.15. The lowest BCUT2D eigenvalue weighted by atomic mass is 9.90. The van der Waals surface area contributed by atoms with Crippen molar-refractivity contribution in [1.29, 1.82) is 10.5 Å². The van der Waals surface area contributed by atoms with Gasteiger partial charge in [0.05, 0.1) is 0 Å². The van der Waals surface area contributed by atoms with E-state index in [4.69, 9.17) is 0 Å². The molecule has 0 spiro atoms. The summed E-state index contributed by atoms with van der Waals surface area (Å²) in [6, 6.07) is 18.0. The number of fused-ring (bicyclic) bond motifs is 8. The second-order valence-corrected chi connectivity index (χ2v) is 16.8. The standard InChI is InChI=1S/C32H16N2S6/c1-13-19-3-15-5-22(28-10-26-24(38-28)8-18(12-34)36-26)40-32(15)30(19)14(2)20-4-16-6-21(39-31(16)29(13)20)27-9-25-23(37-27)7-17(11-33)35-25/h5-10H,3-4H2,1-2H3. The number of benzene rings is 1. The van der Waals surface area contributed by atoms with Gasteiger partial charge in [0.25, 0.3) is 0 Å². The maximum atomic E-state index is 9.23. The summed E-state index contributed by atoms with van der Waals surface area (Å²) in [6.45, 7) is 4.68. The third-order valence-corrected chi connectivity index (χ3v) is 15.4. The Bertz CT molecular complexity index is 2100. The van der Waals surface area contributed by atoms with Crippen molar-refractivity contribution in [2.45, 2.75) is 26.7 Å². The van der Waals surface area contributed by atoms with Crippen molar-refractivity contribution in [2.24, 2.45) is 0 Å². The summed E-state index contributed by atoms with van der Waals surface area (Å²) in [5, 5.41) is 18.5. The Morgan fingerprint density at radius 2 is 0.925 bits per heavy atom. The second kappa shape index (κ2) is 8.24. The Kier molecular flexibility index (Phi) is 4.86. The molecular weight excluding hydrogens is 605 g/mol. The molecule has 0 bridgehead atoms. The first-order chi connectivity index (χ1) is 19.5. The van der Waals surface area contributed by atoms with E-state index in [1.54, 1.807) is 45.3 Å². The zero-order chi connectivity index (χ0) is 26.9. The molecule has 0 atom stereocenters. The fourth-order valence-electron chi connectivity index (χ4n) is 6.38. The minimum Gasteiger partial charge on any atom is -0.192 e. The Morgan fingerprint density at radius 3 is 1.32 bits per heavy atom. The molecule has 0 fully saturated rings. The summed E-state index contributed by atoms with van der Waals surface area (Å²) < 4.78 is 4.87. The van der Waals surface area contributed by atoms with Crippen molar-refractivity contribution in [1.82, 2.24) is 0 Å². The van der Waals surface area contributed by atoms with E-state index >= 15 is 0 Å². The molecule has 0 unspecified atom stereocenters. The van der Waals surface area contributed by atoms with Crippen LogP contribution >= 0.6 is 68.0 Å². The Labute approximate surface area is 254 Å². The minimum atomic E-state index is 0.792. The molecule has 6 heterocycles. The molecule has 190 valence electrons. The monoisotopic (exact) mass is 620 g/mol. The molecule has 7 aromatic rings. The first-order valence-corrected chi connectivity index (χ1v) is 17.7. The zero-order valence-corrected chi connectivity index (χ0v) is 26.1. The number of nitriles is 2. The number of thiophene rings is 6. The lowest BCUT2D eigenvalue weighted by molar-refractivity contribution is 1.17. The van der Waals surface area contributed by atoms with Gasteiger partial charge in [-0.1, -0.05) is 0 Å². The highest BCUT2D eigenvalue weighted by Gasteiger charge is 2.34. The van der Waals surface area contributed by atoms with Gasteiger partial charge in [0, 0.05) is 48.1 Å². The van der Waals surface area contributed by atoms with E-state index in [-0.39, 0.29) is 0 Å². The average molecular weight is 621 g/mol.